The van der Waals surface area contributed by atoms with E-state index in [1.54, 1.807) is 49.4 Å². The molecule has 0 saturated carbocycles. The molecule has 6 nitrogen and oxygen atoms in total. The monoisotopic (exact) mass is 384 g/mol. The number of hydrogen-bond donors (Lipinski definition) is 0. The van der Waals surface area contributed by atoms with Gasteiger partial charge in [0.15, 0.2) is 11.9 Å². The average Bonchev–Trinajstić information content (AvgIpc) is 2.63. The lowest BCUT2D eigenvalue weighted by atomic mass is 10.1. The van der Waals surface area contributed by atoms with Gasteiger partial charge in [0.2, 0.25) is 5.88 Å². The minimum Gasteiger partial charge on any atom is -0.483 e. The summed E-state index contributed by atoms with van der Waals surface area (Å²) >= 11 is 5.93. The van der Waals surface area contributed by atoms with Gasteiger partial charge in [0.05, 0.1) is 23.7 Å². The number of nitrogens with zero attached hydrogens (tertiary/aromatic N) is 2. The second-order valence-corrected chi connectivity index (χ2v) is 6.46. The Morgan fingerprint density at radius 2 is 1.78 bits per heavy atom. The van der Waals surface area contributed by atoms with E-state index in [1.165, 1.54) is 13.1 Å². The molecule has 7 heteroatoms. The first-order valence-corrected chi connectivity index (χ1v) is 8.67. The van der Waals surface area contributed by atoms with Crippen molar-refractivity contribution < 1.29 is 19.1 Å². The Hall–Kier alpha value is -2.99. The normalized spacial score (nSPS) is 11.8. The predicted octanol–water partition coefficient (Wildman–Crippen LogP) is 4.39. The second kappa shape index (κ2) is 8.14. The Balaban J connectivity index is 1.66. The first kappa shape index (κ1) is 18.8. The highest BCUT2D eigenvalue weighted by Gasteiger charge is 2.16. The molecule has 0 aliphatic rings. The van der Waals surface area contributed by atoms with E-state index in [4.69, 9.17) is 21.1 Å². The Kier molecular flexibility index (Phi) is 5.66. The smallest absolute Gasteiger partial charge is 0.238 e. The van der Waals surface area contributed by atoms with Gasteiger partial charge >= 0.3 is 0 Å². The fourth-order valence-electron chi connectivity index (χ4n) is 2.38. The molecule has 0 aliphatic heterocycles. The quantitative estimate of drug-likeness (QED) is 0.562. The molecule has 0 fully saturated rings. The van der Waals surface area contributed by atoms with Crippen LogP contribution in [0.2, 0.25) is 5.02 Å². The van der Waals surface area contributed by atoms with Crippen LogP contribution in [0.15, 0.2) is 48.7 Å². The van der Waals surface area contributed by atoms with Crippen LogP contribution in [0.3, 0.4) is 0 Å². The number of halogens is 1. The number of ketones is 2. The van der Waals surface area contributed by atoms with Crippen molar-refractivity contribution >= 4 is 34.2 Å². The number of Topliss-reactive ketones (excluding diaryl/α,β-unsaturated/α-hetero) is 2. The summed E-state index contributed by atoms with van der Waals surface area (Å²) in [5.41, 5.74) is 1.36. The molecule has 0 N–H and O–H groups in total. The summed E-state index contributed by atoms with van der Waals surface area (Å²) in [6.45, 7) is 2.99. The highest BCUT2D eigenvalue weighted by molar-refractivity contribution is 6.31. The van der Waals surface area contributed by atoms with Gasteiger partial charge in [-0.05, 0) is 56.3 Å². The molecular formula is C20H17ClN2O4. The van der Waals surface area contributed by atoms with E-state index in [1.807, 2.05) is 0 Å². The van der Waals surface area contributed by atoms with Crippen LogP contribution in [0, 0.1) is 0 Å². The van der Waals surface area contributed by atoms with Gasteiger partial charge in [0.1, 0.15) is 17.3 Å². The van der Waals surface area contributed by atoms with Crippen molar-refractivity contribution in [3.8, 4) is 17.4 Å². The van der Waals surface area contributed by atoms with Crippen molar-refractivity contribution in [1.29, 1.82) is 0 Å². The third-order valence-corrected chi connectivity index (χ3v) is 3.95. The maximum Gasteiger partial charge on any atom is 0.238 e. The summed E-state index contributed by atoms with van der Waals surface area (Å²) < 4.78 is 11.3. The molecule has 3 aromatic rings. The maximum absolute atomic E-state index is 11.8. The molecule has 138 valence electrons. The largest absolute Gasteiger partial charge is 0.483 e. The van der Waals surface area contributed by atoms with E-state index >= 15 is 0 Å². The van der Waals surface area contributed by atoms with Crippen molar-refractivity contribution in [1.82, 2.24) is 9.97 Å². The van der Waals surface area contributed by atoms with Crippen LogP contribution >= 0.6 is 11.6 Å². The highest BCUT2D eigenvalue weighted by Crippen LogP contribution is 2.25. The fraction of sp³-hybridized carbons (Fsp3) is 0.200. The summed E-state index contributed by atoms with van der Waals surface area (Å²) in [6.07, 6.45) is 0.693. The standard InChI is InChI=1S/C20H17ClN2O4/c1-12(24)9-19(25)13(2)26-15-4-6-16(7-5-15)27-20-11-22-18-10-14(21)3-8-17(18)23-20/h3-8,10-11,13H,9H2,1-2H3. The summed E-state index contributed by atoms with van der Waals surface area (Å²) in [6, 6.07) is 12.0. The van der Waals surface area contributed by atoms with Gasteiger partial charge in [0.25, 0.3) is 0 Å². The number of carbonyl (C=O) groups is 2. The molecule has 0 radical (unpaired) electrons. The number of aromatic nitrogens is 2. The van der Waals surface area contributed by atoms with Crippen molar-refractivity contribution in [2.24, 2.45) is 0 Å². The number of hydrogen-bond acceptors (Lipinski definition) is 6. The minimum atomic E-state index is -0.696. The van der Waals surface area contributed by atoms with Crippen molar-refractivity contribution in [3.63, 3.8) is 0 Å². The molecule has 1 atom stereocenters. The molecule has 0 spiro atoms. The van der Waals surface area contributed by atoms with Crippen molar-refractivity contribution in [2.75, 3.05) is 0 Å². The predicted molar refractivity (Wildman–Crippen MR) is 101 cm³/mol. The number of fused-ring (bicyclic) bond motifs is 1. The Morgan fingerprint density at radius 1 is 1.07 bits per heavy atom. The van der Waals surface area contributed by atoms with E-state index in [9.17, 15) is 9.59 Å². The van der Waals surface area contributed by atoms with Gasteiger partial charge in [-0.2, -0.15) is 0 Å². The Labute approximate surface area is 161 Å². The van der Waals surface area contributed by atoms with Crippen LogP contribution in [0.25, 0.3) is 11.0 Å². The molecule has 3 rings (SSSR count). The number of benzene rings is 2. The summed E-state index contributed by atoms with van der Waals surface area (Å²) in [4.78, 5) is 31.5. The molecule has 1 heterocycles. The molecule has 2 aromatic carbocycles. The van der Waals surface area contributed by atoms with Gasteiger partial charge in [-0.3, -0.25) is 9.59 Å². The molecule has 27 heavy (non-hydrogen) atoms. The lowest BCUT2D eigenvalue weighted by molar-refractivity contribution is -0.130. The number of ether oxygens (including phenoxy) is 2. The average molecular weight is 385 g/mol. The lowest BCUT2D eigenvalue weighted by Crippen LogP contribution is -2.25. The first-order chi connectivity index (χ1) is 12.9. The van der Waals surface area contributed by atoms with Gasteiger partial charge < -0.3 is 9.47 Å². The Morgan fingerprint density at radius 3 is 2.48 bits per heavy atom. The van der Waals surface area contributed by atoms with Crippen LogP contribution in [0.5, 0.6) is 17.4 Å². The second-order valence-electron chi connectivity index (χ2n) is 6.02. The molecule has 1 unspecified atom stereocenters. The molecule has 0 aliphatic carbocycles. The summed E-state index contributed by atoms with van der Waals surface area (Å²) in [7, 11) is 0. The van der Waals surface area contributed by atoms with Gasteiger partial charge in [-0.15, -0.1) is 0 Å². The third-order valence-electron chi connectivity index (χ3n) is 3.72. The SMILES string of the molecule is CC(=O)CC(=O)C(C)Oc1ccc(Oc2cnc3cc(Cl)ccc3n2)cc1. The maximum atomic E-state index is 11.8. The van der Waals surface area contributed by atoms with E-state index in [2.05, 4.69) is 9.97 Å². The Bertz CT molecular complexity index is 989. The zero-order valence-electron chi connectivity index (χ0n) is 14.8. The third kappa shape index (κ3) is 5.01. The molecule has 0 amide bonds. The zero-order chi connectivity index (χ0) is 19.4. The van der Waals surface area contributed by atoms with Crippen LogP contribution in [0.4, 0.5) is 0 Å². The highest BCUT2D eigenvalue weighted by atomic mass is 35.5. The van der Waals surface area contributed by atoms with Crippen molar-refractivity contribution in [3.05, 3.63) is 53.7 Å². The summed E-state index contributed by atoms with van der Waals surface area (Å²) in [5.74, 6) is 0.967. The topological polar surface area (TPSA) is 78.4 Å². The van der Waals surface area contributed by atoms with Crippen LogP contribution in [0.1, 0.15) is 20.3 Å². The van der Waals surface area contributed by atoms with Crippen molar-refractivity contribution in [2.45, 2.75) is 26.4 Å². The fourth-order valence-corrected chi connectivity index (χ4v) is 2.55. The summed E-state index contributed by atoms with van der Waals surface area (Å²) in [5, 5.41) is 0.595. The number of rotatable bonds is 7. The molecule has 1 aromatic heterocycles. The lowest BCUT2D eigenvalue weighted by Gasteiger charge is -2.13. The van der Waals surface area contributed by atoms with Crippen LogP contribution in [-0.2, 0) is 9.59 Å². The molecule has 0 saturated heterocycles. The van der Waals surface area contributed by atoms with Gasteiger partial charge in [-0.1, -0.05) is 11.6 Å². The minimum absolute atomic E-state index is 0.131. The van der Waals surface area contributed by atoms with E-state index in [-0.39, 0.29) is 18.0 Å². The van der Waals surface area contributed by atoms with Crippen LogP contribution in [-0.4, -0.2) is 27.6 Å². The molecule has 0 bridgehead atoms. The molecular weight excluding hydrogens is 368 g/mol. The first-order valence-electron chi connectivity index (χ1n) is 8.30. The van der Waals surface area contributed by atoms with E-state index < -0.39 is 6.10 Å². The van der Waals surface area contributed by atoms with E-state index in [0.29, 0.717) is 33.4 Å². The number of carbonyl (C=O) groups excluding carboxylic acids is 2. The van der Waals surface area contributed by atoms with Gasteiger partial charge in [0, 0.05) is 5.02 Å². The zero-order valence-corrected chi connectivity index (χ0v) is 15.6. The van der Waals surface area contributed by atoms with Crippen LogP contribution < -0.4 is 9.47 Å². The van der Waals surface area contributed by atoms with Gasteiger partial charge in [-0.25, -0.2) is 9.97 Å². The van der Waals surface area contributed by atoms with E-state index in [0.717, 1.165) is 0 Å².